The smallest absolute Gasteiger partial charge is 0.338 e. The first-order chi connectivity index (χ1) is 46.4. The minimum Gasteiger partial charge on any atom is -0.450 e. The lowest BCUT2D eigenvalue weighted by Gasteiger charge is -2.51. The third-order valence-corrected chi connectivity index (χ3v) is 16.5. The molecule has 31 nitrogen and oxygen atoms in total. The van der Waals surface area contributed by atoms with Crippen molar-refractivity contribution in [3.8, 4) is 0 Å². The molecule has 5 saturated heterocycles. The molecule has 31 heteroatoms. The molecule has 96 heavy (non-hydrogen) atoms. The zero-order chi connectivity index (χ0) is 68.3. The predicted octanol–water partition coefficient (Wildman–Crippen LogP) is -2.60. The van der Waals surface area contributed by atoms with E-state index in [2.05, 4.69) is 0 Å². The van der Waals surface area contributed by atoms with Gasteiger partial charge in [0.1, 0.15) is 91.6 Å². The van der Waals surface area contributed by atoms with Crippen molar-refractivity contribution in [3.05, 3.63) is 179 Å². The van der Waals surface area contributed by atoms with Gasteiger partial charge in [-0.15, -0.1) is 0 Å². The van der Waals surface area contributed by atoms with E-state index in [4.69, 9.17) is 66.3 Å². The van der Waals surface area contributed by atoms with Crippen molar-refractivity contribution >= 4 is 29.8 Å². The minimum atomic E-state index is -2.33. The van der Waals surface area contributed by atoms with Crippen molar-refractivity contribution in [2.45, 2.75) is 154 Å². The van der Waals surface area contributed by atoms with Gasteiger partial charge < -0.3 is 128 Å². The summed E-state index contributed by atoms with van der Waals surface area (Å²) in [6.07, 6.45) is -52.1. The summed E-state index contributed by atoms with van der Waals surface area (Å²) in [6, 6.07) is 35.9. The van der Waals surface area contributed by atoms with Crippen LogP contribution < -0.4 is 0 Å². The zero-order valence-corrected chi connectivity index (χ0v) is 50.5. The lowest BCUT2D eigenvalue weighted by atomic mass is 9.94. The first-order valence-corrected chi connectivity index (χ1v) is 30.4. The Hall–Kier alpha value is -7.39. The molecule has 0 aliphatic carbocycles. The van der Waals surface area contributed by atoms with Crippen LogP contribution in [0.4, 0.5) is 0 Å². The van der Waals surface area contributed by atoms with E-state index in [1.165, 1.54) is 121 Å². The van der Waals surface area contributed by atoms with Crippen LogP contribution in [0, 0.1) is 0 Å². The summed E-state index contributed by atoms with van der Waals surface area (Å²) in [5.74, 6) is -5.76. The highest BCUT2D eigenvalue weighted by molar-refractivity contribution is 5.91. The number of hydrogen-bond donors (Lipinski definition) is 12. The molecule has 5 aliphatic heterocycles. The second-order valence-corrected chi connectivity index (χ2v) is 22.7. The van der Waals surface area contributed by atoms with Crippen LogP contribution in [0.1, 0.15) is 51.8 Å². The van der Waals surface area contributed by atoms with E-state index in [1.807, 2.05) is 0 Å². The SMILES string of the molecule is O=C(OC1[C@H](O[C@@H]2C(OC(=O)c3ccccc3)[C@H](O[C@@H]3C(OC(=O)c4ccccc4)[C@H](O[C@@H]4C(OC(=O)c5ccccc5)[C@H](O[C@@H]5C(OC(=O)c6ccccc6)[C@H](O)OC(CO)[C@@H]5O)OC(CO)[C@@H]4O)OC(CO)[C@@H]3O)OC(CO)[C@@H]2O)OC(CO)[C@H](O)[C@@H]1O)c1ccccc1. The van der Waals surface area contributed by atoms with Crippen molar-refractivity contribution in [2.75, 3.05) is 33.0 Å². The molecule has 5 heterocycles. The van der Waals surface area contributed by atoms with Gasteiger partial charge in [0.05, 0.1) is 60.9 Å². The topological polar surface area (TPSA) is 457 Å². The molecular weight excluding hydrogens is 1280 g/mol. The number of rotatable bonds is 23. The van der Waals surface area contributed by atoms with Crippen LogP contribution in [0.15, 0.2) is 152 Å². The van der Waals surface area contributed by atoms with E-state index in [0.29, 0.717) is 0 Å². The van der Waals surface area contributed by atoms with Gasteiger partial charge in [0, 0.05) is 0 Å². The number of aliphatic hydroxyl groups excluding tert-OH is 12. The van der Waals surface area contributed by atoms with Gasteiger partial charge in [0.15, 0.2) is 62.0 Å². The maximum atomic E-state index is 14.5. The molecule has 10 unspecified atom stereocenters. The molecule has 5 aromatic rings. The number of hydrogen-bond acceptors (Lipinski definition) is 31. The molecule has 10 rings (SSSR count). The van der Waals surface area contributed by atoms with Crippen LogP contribution in [-0.4, -0.2) is 278 Å². The first kappa shape index (κ1) is 71.4. The summed E-state index contributed by atoms with van der Waals surface area (Å²) in [4.78, 5) is 70.4. The van der Waals surface area contributed by atoms with Crippen molar-refractivity contribution in [3.63, 3.8) is 0 Å². The normalized spacial score (nSPS) is 35.4. The summed E-state index contributed by atoms with van der Waals surface area (Å²) in [5, 5.41) is 136. The molecule has 5 fully saturated rings. The van der Waals surface area contributed by atoms with Gasteiger partial charge in [0.25, 0.3) is 0 Å². The molecular formula is C65H72O31. The fraction of sp³-hybridized carbons (Fsp3) is 0.462. The molecule has 25 atom stereocenters. The first-order valence-electron chi connectivity index (χ1n) is 30.4. The Bertz CT molecular complexity index is 3310. The average Bonchev–Trinajstić information content (AvgIpc) is 0.770. The van der Waals surface area contributed by atoms with Gasteiger partial charge >= 0.3 is 29.8 Å². The second kappa shape index (κ2) is 32.8. The average molecular weight is 1350 g/mol. The number of esters is 5. The summed E-state index contributed by atoms with van der Waals surface area (Å²) < 4.78 is 84.9. The summed E-state index contributed by atoms with van der Waals surface area (Å²) in [6.45, 7) is -5.34. The van der Waals surface area contributed by atoms with Crippen molar-refractivity contribution in [1.29, 1.82) is 0 Å². The van der Waals surface area contributed by atoms with Gasteiger partial charge in [-0.2, -0.15) is 0 Å². The van der Waals surface area contributed by atoms with Crippen molar-refractivity contribution < 1.29 is 152 Å². The van der Waals surface area contributed by atoms with E-state index in [9.17, 15) is 85.3 Å². The van der Waals surface area contributed by atoms with Crippen LogP contribution in [0.3, 0.4) is 0 Å². The predicted molar refractivity (Wildman–Crippen MR) is 315 cm³/mol. The highest BCUT2D eigenvalue weighted by Crippen LogP contribution is 2.40. The van der Waals surface area contributed by atoms with Crippen LogP contribution in [0.25, 0.3) is 0 Å². The van der Waals surface area contributed by atoms with E-state index < -0.39 is 216 Å². The fourth-order valence-electron chi connectivity index (χ4n) is 11.4. The standard InChI is InChI=1S/C65H72O31/c66-26-36-41(71)46(76)51(88-56(77)31-16-6-1-7-17-31)62(84-36)94-48-43(73)38(28-68)86-64(53(48)90-58(79)33-20-10-3-11-21-33)96-50-45(75)40(30-70)87-65(55(50)92-60(81)35-24-14-5-15-25-35)95-49-44(74)39(29-69)85-63(54(49)91-59(80)34-22-12-4-13-23-34)93-47-42(72)37(27-67)83-61(82)52(47)89-57(78)32-18-8-2-9-19-32/h1-25,36-55,61-76,82H,26-30H2/t36?,37?,38?,39?,40?,41-,42-,43-,44-,45-,46-,47-,48-,49-,50-,51?,52?,53?,54?,55?,61+,62-,63-,64-,65-/m0/s1. The molecule has 0 aromatic heterocycles. The van der Waals surface area contributed by atoms with Gasteiger partial charge in [-0.1, -0.05) is 91.0 Å². The zero-order valence-electron chi connectivity index (χ0n) is 50.5. The number of ether oxygens (including phenoxy) is 14. The molecule has 0 radical (unpaired) electrons. The fourth-order valence-corrected chi connectivity index (χ4v) is 11.4. The van der Waals surface area contributed by atoms with Crippen LogP contribution in [-0.2, 0) is 66.3 Å². The molecule has 0 saturated carbocycles. The summed E-state index contributed by atoms with van der Waals surface area (Å²) >= 11 is 0. The Morgan fingerprint density at radius 3 is 0.729 bits per heavy atom. The Morgan fingerprint density at radius 1 is 0.260 bits per heavy atom. The molecule has 5 aromatic carbocycles. The van der Waals surface area contributed by atoms with Crippen molar-refractivity contribution in [1.82, 2.24) is 0 Å². The monoisotopic (exact) mass is 1350 g/mol. The Balaban J connectivity index is 1.05. The van der Waals surface area contributed by atoms with E-state index in [1.54, 1.807) is 30.3 Å². The largest absolute Gasteiger partial charge is 0.450 e. The third-order valence-electron chi connectivity index (χ3n) is 16.5. The van der Waals surface area contributed by atoms with Crippen LogP contribution >= 0.6 is 0 Å². The maximum absolute atomic E-state index is 14.5. The lowest BCUT2D eigenvalue weighted by molar-refractivity contribution is -0.393. The maximum Gasteiger partial charge on any atom is 0.338 e. The second-order valence-electron chi connectivity index (χ2n) is 22.7. The molecule has 0 amide bonds. The lowest BCUT2D eigenvalue weighted by Crippen LogP contribution is -2.69. The van der Waals surface area contributed by atoms with Crippen molar-refractivity contribution in [2.24, 2.45) is 0 Å². The summed E-state index contributed by atoms with van der Waals surface area (Å²) in [7, 11) is 0. The molecule has 12 N–H and O–H groups in total. The number of carbonyl (C=O) groups is 5. The van der Waals surface area contributed by atoms with Crippen LogP contribution in [0.5, 0.6) is 0 Å². The van der Waals surface area contributed by atoms with Crippen LogP contribution in [0.2, 0.25) is 0 Å². The Morgan fingerprint density at radius 2 is 0.469 bits per heavy atom. The molecule has 0 bridgehead atoms. The molecule has 0 spiro atoms. The van der Waals surface area contributed by atoms with Gasteiger partial charge in [-0.3, -0.25) is 0 Å². The molecule has 518 valence electrons. The highest BCUT2D eigenvalue weighted by Gasteiger charge is 2.60. The van der Waals surface area contributed by atoms with Gasteiger partial charge in [0.2, 0.25) is 0 Å². The Kier molecular flexibility index (Phi) is 24.4. The Labute approximate surface area is 545 Å². The summed E-state index contributed by atoms with van der Waals surface area (Å²) in [5.41, 5.74) is -0.567. The number of carbonyl (C=O) groups excluding carboxylic acids is 5. The minimum absolute atomic E-state index is 0.0468. The van der Waals surface area contributed by atoms with E-state index >= 15 is 0 Å². The molecule has 5 aliphatic rings. The van der Waals surface area contributed by atoms with E-state index in [-0.39, 0.29) is 27.8 Å². The quantitative estimate of drug-likeness (QED) is 0.0236. The number of aliphatic hydroxyl groups is 12. The van der Waals surface area contributed by atoms with E-state index in [0.717, 1.165) is 0 Å². The van der Waals surface area contributed by atoms with Gasteiger partial charge in [-0.05, 0) is 60.7 Å². The highest BCUT2D eigenvalue weighted by atomic mass is 16.8. The van der Waals surface area contributed by atoms with Gasteiger partial charge in [-0.25, -0.2) is 24.0 Å². The number of benzene rings is 5. The third kappa shape index (κ3) is 16.1.